The summed E-state index contributed by atoms with van der Waals surface area (Å²) in [5, 5.41) is 0. The molecule has 0 aliphatic rings. The molecule has 0 aromatic heterocycles. The van der Waals surface area contributed by atoms with Gasteiger partial charge in [0.15, 0.2) is 0 Å². The fourth-order valence-electron chi connectivity index (χ4n) is 0. The van der Waals surface area contributed by atoms with Crippen LogP contribution in [0.3, 0.4) is 0 Å². The van der Waals surface area contributed by atoms with Gasteiger partial charge >= 0.3 is 221 Å². The van der Waals surface area contributed by atoms with E-state index in [1.807, 2.05) is 0 Å². The molecular weight excluding hydrogens is 724 g/mol. The average Bonchev–Trinajstić information content (AvgIpc) is 2.30. The molecule has 202 valence electrons. The van der Waals surface area contributed by atoms with Gasteiger partial charge in [0.2, 0.25) is 0 Å². The number of rotatable bonds is 0. The van der Waals surface area contributed by atoms with Gasteiger partial charge in [-0.2, -0.15) is 0 Å². The third-order valence-corrected chi connectivity index (χ3v) is 0. The van der Waals surface area contributed by atoms with E-state index in [0.29, 0.717) is 0 Å². The van der Waals surface area contributed by atoms with Gasteiger partial charge < -0.3 is 83.9 Å². The monoisotopic (exact) mass is 744 g/mol. The van der Waals surface area contributed by atoms with Gasteiger partial charge in [-0.15, -0.1) is 0 Å². The second-order valence-corrected chi connectivity index (χ2v) is 6.78. The van der Waals surface area contributed by atoms with Crippen molar-refractivity contribution in [1.82, 2.24) is 0 Å². The van der Waals surface area contributed by atoms with Crippen LogP contribution >= 0.6 is 0 Å². The Morgan fingerprint density at radius 3 is 0.216 bits per heavy atom. The second-order valence-electron chi connectivity index (χ2n) is 2.26. The molecule has 0 atom stereocenters. The van der Waals surface area contributed by atoms with Crippen LogP contribution in [0.5, 0.6) is 0 Å². The summed E-state index contributed by atoms with van der Waals surface area (Å²) in [6, 6.07) is 0. The van der Waals surface area contributed by atoms with Gasteiger partial charge in [-0.05, 0) is 0 Å². The second kappa shape index (κ2) is 76.9. The van der Waals surface area contributed by atoms with E-state index in [4.69, 9.17) is 112 Å². The van der Waals surface area contributed by atoms with Crippen LogP contribution < -0.4 is 148 Å². The zero-order valence-electron chi connectivity index (χ0n) is 24.4. The zero-order valence-corrected chi connectivity index (χ0v) is 37.4. The molecule has 37 heavy (non-hydrogen) atoms. The normalized spacial score (nSPS) is 5.19. The van der Waals surface area contributed by atoms with Gasteiger partial charge in [0, 0.05) is 0 Å². The van der Waals surface area contributed by atoms with E-state index in [-0.39, 0.29) is 155 Å². The molecule has 16 N–H and O–H groups in total. The molecule has 24 nitrogen and oxygen atoms in total. The molecule has 0 heterocycles. The molecule has 0 radical (unpaired) electrons. The average molecular weight is 745 g/mol. The zero-order chi connectivity index (χ0) is 28.6. The first-order chi connectivity index (χ1) is 13.9. The third-order valence-electron chi connectivity index (χ3n) is 0. The van der Waals surface area contributed by atoms with Crippen LogP contribution in [0, 0.1) is 0 Å². The topological polar surface area (TPSA) is 460 Å². The van der Waals surface area contributed by atoms with Crippen LogP contribution in [0.25, 0.3) is 0 Å². The molecule has 0 spiro atoms. The Hall–Kier alpha value is 1.94. The summed E-state index contributed by atoms with van der Waals surface area (Å²) in [6.45, 7) is 0. The summed E-state index contributed by atoms with van der Waals surface area (Å²) in [5.74, 6) is 0. The van der Waals surface area contributed by atoms with Crippen molar-refractivity contribution >= 4 is 73.4 Å². The molecule has 0 rings (SSSR count). The number of hydrogen-bond acceptors (Lipinski definition) is 8. The van der Waals surface area contributed by atoms with E-state index in [9.17, 15) is 0 Å². The minimum absolute atomic E-state index is 0. The van der Waals surface area contributed by atoms with E-state index in [1.165, 1.54) is 0 Å². The molecule has 0 bridgehead atoms. The maximum atomic E-state index is 8.74. The summed E-state index contributed by atoms with van der Waals surface area (Å²) in [5.41, 5.74) is 0. The molecular formula is H21Na5O24Si8. The van der Waals surface area contributed by atoms with E-state index in [2.05, 4.69) is 0 Å². The Bertz CT molecular complexity index is 397. The van der Waals surface area contributed by atoms with Crippen molar-refractivity contribution in [1.29, 1.82) is 0 Å². The fourth-order valence-corrected chi connectivity index (χ4v) is 0. The summed E-state index contributed by atoms with van der Waals surface area (Å²) < 4.78 is 69.9. The predicted molar refractivity (Wildman–Crippen MR) is 92.6 cm³/mol. The largest absolute Gasteiger partial charge is 1.00 e. The van der Waals surface area contributed by atoms with Gasteiger partial charge in [0.1, 0.15) is 0 Å². The Morgan fingerprint density at radius 1 is 0.216 bits per heavy atom. The van der Waals surface area contributed by atoms with Crippen LogP contribution in [0.15, 0.2) is 0 Å². The molecule has 0 aromatic rings. The molecule has 0 fully saturated rings. The minimum Gasteiger partial charge on any atom is -1.00 e. The SMILES string of the molecule is O=[Si](O)O.O=[Si](O)O.O=[Si](O)O.O=[Si](O)O.O=[Si](O)O.O=[Si](O)O.O=[Si](O)O.O=[Si](O)O.[H-].[H-].[H-].[H-].[H-].[Na+].[Na+].[Na+].[Na+].[Na+]. The Balaban J connectivity index is -0.00000000947. The van der Waals surface area contributed by atoms with Crippen molar-refractivity contribution < 1.29 is 267 Å². The van der Waals surface area contributed by atoms with Crippen molar-refractivity contribution in [3.63, 3.8) is 0 Å². The van der Waals surface area contributed by atoms with Crippen LogP contribution in [0.4, 0.5) is 0 Å². The quantitative estimate of drug-likeness (QED) is 0.102. The van der Waals surface area contributed by atoms with E-state index < -0.39 is 73.4 Å². The van der Waals surface area contributed by atoms with Gasteiger partial charge in [0.05, 0.1) is 0 Å². The first-order valence-electron chi connectivity index (χ1n) is 5.21. The first-order valence-corrected chi connectivity index (χ1v) is 15.6. The van der Waals surface area contributed by atoms with Gasteiger partial charge in [0.25, 0.3) is 0 Å². The van der Waals surface area contributed by atoms with Crippen molar-refractivity contribution in [2.24, 2.45) is 0 Å². The summed E-state index contributed by atoms with van der Waals surface area (Å²) >= 11 is 0. The molecule has 0 aromatic carbocycles. The van der Waals surface area contributed by atoms with Crippen molar-refractivity contribution in [3.8, 4) is 0 Å². The summed E-state index contributed by atoms with van der Waals surface area (Å²) in [4.78, 5) is 115. The third kappa shape index (κ3) is 13100. The van der Waals surface area contributed by atoms with Crippen LogP contribution in [0.2, 0.25) is 0 Å². The Labute approximate surface area is 335 Å². The fraction of sp³-hybridized carbons (Fsp3) is 0. The Morgan fingerprint density at radius 2 is 0.216 bits per heavy atom. The molecule has 0 aliphatic heterocycles. The van der Waals surface area contributed by atoms with E-state index in [0.717, 1.165) is 0 Å². The van der Waals surface area contributed by atoms with Crippen LogP contribution in [0.1, 0.15) is 7.13 Å². The number of hydrogen-bond donors (Lipinski definition) is 16. The van der Waals surface area contributed by atoms with E-state index in [1.54, 1.807) is 0 Å². The van der Waals surface area contributed by atoms with Crippen molar-refractivity contribution in [2.45, 2.75) is 0 Å². The maximum Gasteiger partial charge on any atom is 1.00 e. The minimum atomic E-state index is -3.13. The maximum absolute atomic E-state index is 8.74. The predicted octanol–water partition coefficient (Wildman–Crippen LogP) is -27.3. The molecule has 0 amide bonds. The molecule has 0 saturated heterocycles. The Kier molecular flexibility index (Phi) is 173. The van der Waals surface area contributed by atoms with Crippen LogP contribution in [-0.2, 0) is 35.7 Å². The standard InChI is InChI=1S/5Na.8H2O3Si.5H/c;;;;;8*1-4(2)3;;;;;/h;;;;;8*1-2H;;;;;/q5*+1;;;;;;;;;5*-1. The van der Waals surface area contributed by atoms with Crippen molar-refractivity contribution in [2.75, 3.05) is 0 Å². The van der Waals surface area contributed by atoms with Gasteiger partial charge in [-0.1, -0.05) is 0 Å². The summed E-state index contributed by atoms with van der Waals surface area (Å²) in [6.07, 6.45) is 0. The molecule has 37 heteroatoms. The molecule has 0 aliphatic carbocycles. The van der Waals surface area contributed by atoms with Crippen LogP contribution in [-0.4, -0.2) is 150 Å². The molecule has 0 unspecified atom stereocenters. The van der Waals surface area contributed by atoms with Crippen molar-refractivity contribution in [3.05, 3.63) is 0 Å². The van der Waals surface area contributed by atoms with E-state index >= 15 is 0 Å². The van der Waals surface area contributed by atoms with Gasteiger partial charge in [-0.3, -0.25) is 35.7 Å². The van der Waals surface area contributed by atoms with Gasteiger partial charge in [-0.25, -0.2) is 0 Å². The summed E-state index contributed by atoms with van der Waals surface area (Å²) in [7, 11) is -25.0. The smallest absolute Gasteiger partial charge is 1.00 e. The first kappa shape index (κ1) is 83.3. The molecule has 0 saturated carbocycles.